The van der Waals surface area contributed by atoms with Gasteiger partial charge in [0, 0.05) is 5.69 Å². The van der Waals surface area contributed by atoms with E-state index in [1.807, 2.05) is 32.0 Å². The van der Waals surface area contributed by atoms with E-state index in [1.165, 1.54) is 6.26 Å². The Labute approximate surface area is 143 Å². The molecule has 128 valence electrons. The second-order valence-corrected chi connectivity index (χ2v) is 5.54. The highest BCUT2D eigenvalue weighted by Gasteiger charge is 2.16. The van der Waals surface area contributed by atoms with E-state index in [0.29, 0.717) is 23.1 Å². The van der Waals surface area contributed by atoms with Crippen molar-refractivity contribution in [3.05, 3.63) is 53.5 Å². The van der Waals surface area contributed by atoms with E-state index in [9.17, 15) is 9.59 Å². The fraction of sp³-hybridized carbons (Fsp3) is 0.176. The summed E-state index contributed by atoms with van der Waals surface area (Å²) in [5, 5.41) is 11.8. The molecular weight excluding hydrogens is 322 g/mol. The van der Waals surface area contributed by atoms with Gasteiger partial charge in [0.25, 0.3) is 0 Å². The Hall–Kier alpha value is -3.42. The summed E-state index contributed by atoms with van der Waals surface area (Å²) in [5.41, 5.74) is 2.48. The van der Waals surface area contributed by atoms with Crippen molar-refractivity contribution >= 4 is 17.5 Å². The maximum Gasteiger partial charge on any atom is 0.313 e. The number of aromatic nitrogens is 3. The highest BCUT2D eigenvalue weighted by molar-refractivity contribution is 6.39. The first kappa shape index (κ1) is 16.4. The first-order valence-electron chi connectivity index (χ1n) is 7.64. The fourth-order valence-corrected chi connectivity index (χ4v) is 2.18. The standard InChI is InChI=1S/C17H17N5O3/c1-10-5-6-11(2)12(8-10)19-17(24)16(23)18-9-14-20-15(22-21-14)13-4-3-7-25-13/h3-8H,9H2,1-2H3,(H,18,23)(H,19,24)(H,20,21,22). The third-order valence-corrected chi connectivity index (χ3v) is 3.54. The lowest BCUT2D eigenvalue weighted by Crippen LogP contribution is -2.35. The number of anilines is 1. The Kier molecular flexibility index (Phi) is 4.60. The third kappa shape index (κ3) is 3.92. The van der Waals surface area contributed by atoms with E-state index in [2.05, 4.69) is 25.8 Å². The zero-order valence-electron chi connectivity index (χ0n) is 13.8. The molecule has 0 saturated heterocycles. The molecule has 25 heavy (non-hydrogen) atoms. The Balaban J connectivity index is 1.57. The van der Waals surface area contributed by atoms with Gasteiger partial charge in [-0.05, 0) is 43.2 Å². The highest BCUT2D eigenvalue weighted by atomic mass is 16.3. The summed E-state index contributed by atoms with van der Waals surface area (Å²) in [7, 11) is 0. The number of hydrogen-bond acceptors (Lipinski definition) is 5. The summed E-state index contributed by atoms with van der Waals surface area (Å²) < 4.78 is 5.19. The van der Waals surface area contributed by atoms with Crippen molar-refractivity contribution in [2.45, 2.75) is 20.4 Å². The number of benzene rings is 1. The highest BCUT2D eigenvalue weighted by Crippen LogP contribution is 2.16. The monoisotopic (exact) mass is 339 g/mol. The minimum absolute atomic E-state index is 0.0484. The topological polar surface area (TPSA) is 113 Å². The summed E-state index contributed by atoms with van der Waals surface area (Å²) in [6, 6.07) is 9.08. The second-order valence-electron chi connectivity index (χ2n) is 5.54. The van der Waals surface area contributed by atoms with Crippen LogP contribution in [0.4, 0.5) is 5.69 Å². The molecule has 8 heteroatoms. The molecule has 8 nitrogen and oxygen atoms in total. The Morgan fingerprint density at radius 2 is 2.04 bits per heavy atom. The number of hydrogen-bond donors (Lipinski definition) is 3. The lowest BCUT2D eigenvalue weighted by Gasteiger charge is -2.09. The van der Waals surface area contributed by atoms with Crippen LogP contribution in [0.25, 0.3) is 11.6 Å². The maximum absolute atomic E-state index is 12.0. The van der Waals surface area contributed by atoms with Crippen LogP contribution < -0.4 is 10.6 Å². The molecule has 0 bridgehead atoms. The number of aromatic amines is 1. The molecule has 1 aromatic carbocycles. The van der Waals surface area contributed by atoms with Gasteiger partial charge in [-0.25, -0.2) is 4.98 Å². The average Bonchev–Trinajstić information content (AvgIpc) is 3.26. The van der Waals surface area contributed by atoms with Crippen LogP contribution in [0.1, 0.15) is 17.0 Å². The van der Waals surface area contributed by atoms with Crippen molar-refractivity contribution in [2.24, 2.45) is 0 Å². The molecule has 0 unspecified atom stereocenters. The molecule has 2 aromatic heterocycles. The number of furan rings is 1. The van der Waals surface area contributed by atoms with Crippen LogP contribution in [0.15, 0.2) is 41.0 Å². The second kappa shape index (κ2) is 7.00. The van der Waals surface area contributed by atoms with Crippen LogP contribution >= 0.6 is 0 Å². The summed E-state index contributed by atoms with van der Waals surface area (Å²) in [6.45, 7) is 3.82. The minimum Gasteiger partial charge on any atom is -0.461 e. The molecular formula is C17H17N5O3. The number of nitrogens with zero attached hydrogens (tertiary/aromatic N) is 2. The maximum atomic E-state index is 12.0. The van der Waals surface area contributed by atoms with Crippen LogP contribution in [0.2, 0.25) is 0 Å². The van der Waals surface area contributed by atoms with Crippen molar-refractivity contribution in [1.29, 1.82) is 0 Å². The summed E-state index contributed by atoms with van der Waals surface area (Å²) in [5.74, 6) is -0.175. The van der Waals surface area contributed by atoms with Crippen LogP contribution in [0, 0.1) is 13.8 Å². The predicted octanol–water partition coefficient (Wildman–Crippen LogP) is 1.94. The van der Waals surface area contributed by atoms with Gasteiger partial charge in [0.1, 0.15) is 5.82 Å². The smallest absolute Gasteiger partial charge is 0.313 e. The van der Waals surface area contributed by atoms with Gasteiger partial charge in [-0.3, -0.25) is 14.7 Å². The minimum atomic E-state index is -0.753. The number of amides is 2. The summed E-state index contributed by atoms with van der Waals surface area (Å²) >= 11 is 0. The van der Waals surface area contributed by atoms with Crippen molar-refractivity contribution in [2.75, 3.05) is 5.32 Å². The molecule has 0 atom stereocenters. The Bertz CT molecular complexity index is 899. The van der Waals surface area contributed by atoms with Gasteiger partial charge in [-0.2, -0.15) is 0 Å². The van der Waals surface area contributed by atoms with Crippen molar-refractivity contribution in [3.8, 4) is 11.6 Å². The number of rotatable bonds is 4. The van der Waals surface area contributed by atoms with E-state index in [0.717, 1.165) is 11.1 Å². The average molecular weight is 339 g/mol. The van der Waals surface area contributed by atoms with Gasteiger partial charge in [0.05, 0.1) is 12.8 Å². The number of H-pyrrole nitrogens is 1. The fourth-order valence-electron chi connectivity index (χ4n) is 2.18. The van der Waals surface area contributed by atoms with Gasteiger partial charge in [0.15, 0.2) is 5.76 Å². The van der Waals surface area contributed by atoms with Gasteiger partial charge in [-0.15, -0.1) is 5.10 Å². The number of carbonyl (C=O) groups is 2. The zero-order chi connectivity index (χ0) is 17.8. The molecule has 3 aromatic rings. The molecule has 0 spiro atoms. The van der Waals surface area contributed by atoms with E-state index in [4.69, 9.17) is 4.42 Å². The van der Waals surface area contributed by atoms with Crippen molar-refractivity contribution in [1.82, 2.24) is 20.5 Å². The molecule has 0 radical (unpaired) electrons. The SMILES string of the molecule is Cc1ccc(C)c(NC(=O)C(=O)NCc2nc(-c3ccco3)n[nH]2)c1. The van der Waals surface area contributed by atoms with E-state index in [1.54, 1.807) is 12.1 Å². The molecule has 0 aliphatic carbocycles. The van der Waals surface area contributed by atoms with Crippen LogP contribution in [0.3, 0.4) is 0 Å². The van der Waals surface area contributed by atoms with Crippen LogP contribution in [-0.2, 0) is 16.1 Å². The van der Waals surface area contributed by atoms with Gasteiger partial charge < -0.3 is 15.1 Å². The van der Waals surface area contributed by atoms with Gasteiger partial charge in [-0.1, -0.05) is 12.1 Å². The first-order valence-corrected chi connectivity index (χ1v) is 7.64. The van der Waals surface area contributed by atoms with Crippen LogP contribution in [-0.4, -0.2) is 27.0 Å². The van der Waals surface area contributed by atoms with E-state index >= 15 is 0 Å². The van der Waals surface area contributed by atoms with Crippen molar-refractivity contribution in [3.63, 3.8) is 0 Å². The van der Waals surface area contributed by atoms with Crippen LogP contribution in [0.5, 0.6) is 0 Å². The lowest BCUT2D eigenvalue weighted by molar-refractivity contribution is -0.136. The molecule has 2 amide bonds. The van der Waals surface area contributed by atoms with E-state index in [-0.39, 0.29) is 6.54 Å². The number of carbonyl (C=O) groups excluding carboxylic acids is 2. The van der Waals surface area contributed by atoms with Gasteiger partial charge >= 0.3 is 11.8 Å². The Morgan fingerprint density at radius 1 is 1.20 bits per heavy atom. The molecule has 3 rings (SSSR count). The molecule has 2 heterocycles. The summed E-state index contributed by atoms with van der Waals surface area (Å²) in [4.78, 5) is 28.1. The van der Waals surface area contributed by atoms with E-state index < -0.39 is 11.8 Å². The molecule has 0 aliphatic rings. The predicted molar refractivity (Wildman–Crippen MR) is 90.5 cm³/mol. The lowest BCUT2D eigenvalue weighted by atomic mass is 10.1. The number of nitrogens with one attached hydrogen (secondary N) is 3. The largest absolute Gasteiger partial charge is 0.461 e. The summed E-state index contributed by atoms with van der Waals surface area (Å²) in [6.07, 6.45) is 1.52. The molecule has 0 saturated carbocycles. The normalized spacial score (nSPS) is 10.5. The number of aryl methyl sites for hydroxylation is 2. The third-order valence-electron chi connectivity index (χ3n) is 3.54. The quantitative estimate of drug-likeness (QED) is 0.629. The Morgan fingerprint density at radius 3 is 2.80 bits per heavy atom. The van der Waals surface area contributed by atoms with Crippen molar-refractivity contribution < 1.29 is 14.0 Å². The van der Waals surface area contributed by atoms with Gasteiger partial charge in [0.2, 0.25) is 5.82 Å². The molecule has 3 N–H and O–H groups in total. The first-order chi connectivity index (χ1) is 12.0. The molecule has 0 aliphatic heterocycles. The molecule has 0 fully saturated rings. The zero-order valence-corrected chi connectivity index (χ0v) is 13.8.